The quantitative estimate of drug-likeness (QED) is 0.319. The van der Waals surface area contributed by atoms with Gasteiger partial charge in [0.1, 0.15) is 0 Å². The third-order valence-corrected chi connectivity index (χ3v) is 1.81. The first-order valence-corrected chi connectivity index (χ1v) is 3.43. The van der Waals surface area contributed by atoms with Gasteiger partial charge in [0.05, 0.1) is 0 Å². The molecule has 0 spiro atoms. The van der Waals surface area contributed by atoms with Gasteiger partial charge in [-0.2, -0.15) is 0 Å². The molecule has 64 valence electrons. The van der Waals surface area contributed by atoms with Crippen LogP contribution in [0.3, 0.4) is 0 Å². The molecule has 4 heteroatoms. The molecule has 0 aliphatic rings. The summed E-state index contributed by atoms with van der Waals surface area (Å²) in [6, 6.07) is 7.81. The third-order valence-electron chi connectivity index (χ3n) is 1.08. The van der Waals surface area contributed by atoms with Crippen molar-refractivity contribution in [2.45, 2.75) is 0 Å². The molecule has 0 heterocycles. The van der Waals surface area contributed by atoms with Crippen LogP contribution in [0, 0.1) is 6.58 Å². The van der Waals surface area contributed by atoms with E-state index in [1.807, 2.05) is 24.3 Å². The molecule has 0 bridgehead atoms. The van der Waals surface area contributed by atoms with Gasteiger partial charge < -0.3 is 48.0 Å². The van der Waals surface area contributed by atoms with Crippen LogP contribution < -0.4 is 48.0 Å². The molecule has 0 amide bonds. The van der Waals surface area contributed by atoms with Gasteiger partial charge in [-0.3, -0.25) is 0 Å². The van der Waals surface area contributed by atoms with Crippen molar-refractivity contribution in [3.05, 3.63) is 40.9 Å². The molecule has 0 aliphatic carbocycles. The fourth-order valence-electron chi connectivity index (χ4n) is 0.610. The van der Waals surface area contributed by atoms with Crippen LogP contribution in [0.5, 0.6) is 0 Å². The standard InChI is InChI=1S/C8H6Br.2HI.In/c1-2-7-5-3-4-6-8(7)9;;;/h1-6H;2*1H;/p-2. The minimum Gasteiger partial charge on any atom is -1.00 e. The van der Waals surface area contributed by atoms with E-state index in [1.165, 1.54) is 0 Å². The van der Waals surface area contributed by atoms with Crippen LogP contribution >= 0.6 is 15.9 Å². The number of halogens is 3. The van der Waals surface area contributed by atoms with Crippen LogP contribution in [0.15, 0.2) is 28.7 Å². The van der Waals surface area contributed by atoms with Gasteiger partial charge in [0.15, 0.2) is 0 Å². The second-order valence-electron chi connectivity index (χ2n) is 1.69. The first-order valence-electron chi connectivity index (χ1n) is 2.64. The van der Waals surface area contributed by atoms with E-state index >= 15 is 0 Å². The Kier molecular flexibility index (Phi) is 17.5. The summed E-state index contributed by atoms with van der Waals surface area (Å²) in [6.07, 6.45) is 1.57. The smallest absolute Gasteiger partial charge is 0.0247 e. The molecule has 0 atom stereocenters. The second-order valence-corrected chi connectivity index (χ2v) is 2.54. The minimum absolute atomic E-state index is 0. The molecule has 0 saturated heterocycles. The van der Waals surface area contributed by atoms with Crippen LogP contribution in [0.25, 0.3) is 6.08 Å². The molecule has 0 nitrogen and oxygen atoms in total. The summed E-state index contributed by atoms with van der Waals surface area (Å²) >= 11 is 3.35. The van der Waals surface area contributed by atoms with Gasteiger partial charge in [-0.25, -0.2) is 0 Å². The Morgan fingerprint density at radius 2 is 1.67 bits per heavy atom. The largest absolute Gasteiger partial charge is 1.00 e. The summed E-state index contributed by atoms with van der Waals surface area (Å²) in [5.41, 5.74) is 1.03. The van der Waals surface area contributed by atoms with Crippen LogP contribution in [0.1, 0.15) is 5.56 Å². The van der Waals surface area contributed by atoms with Crippen molar-refractivity contribution >= 4 is 47.8 Å². The zero-order valence-corrected chi connectivity index (χ0v) is 15.4. The van der Waals surface area contributed by atoms with E-state index in [1.54, 1.807) is 6.08 Å². The van der Waals surface area contributed by atoms with E-state index in [4.69, 9.17) is 6.58 Å². The van der Waals surface area contributed by atoms with Crippen molar-refractivity contribution in [3.63, 3.8) is 0 Å². The fraction of sp³-hybridized carbons (Fsp3) is 0. The maximum atomic E-state index is 5.30. The van der Waals surface area contributed by atoms with Gasteiger partial charge in [-0.15, -0.1) is 0 Å². The topological polar surface area (TPSA) is 0 Å². The molecule has 0 aliphatic heterocycles. The number of benzene rings is 1. The van der Waals surface area contributed by atoms with Crippen molar-refractivity contribution in [2.24, 2.45) is 0 Å². The average molecular weight is 551 g/mol. The molecular formula is C8H6BrI2In-2. The number of hydrogen-bond donors (Lipinski definition) is 0. The first kappa shape index (κ1) is 19.4. The predicted octanol–water partition coefficient (Wildman–Crippen LogP) is -3.48. The maximum Gasteiger partial charge on any atom is 0.0247 e. The number of rotatable bonds is 1. The van der Waals surface area contributed by atoms with Gasteiger partial charge in [-0.1, -0.05) is 46.8 Å². The fourth-order valence-corrected chi connectivity index (χ4v) is 1.03. The van der Waals surface area contributed by atoms with Crippen LogP contribution in [-0.4, -0.2) is 25.8 Å². The van der Waals surface area contributed by atoms with Gasteiger partial charge in [0, 0.05) is 30.3 Å². The van der Waals surface area contributed by atoms with Gasteiger partial charge in [-0.05, 0) is 11.6 Å². The van der Waals surface area contributed by atoms with Crippen molar-refractivity contribution in [3.8, 4) is 0 Å². The van der Waals surface area contributed by atoms with E-state index in [0.717, 1.165) is 10.0 Å². The Balaban J connectivity index is -0.000000270. The second kappa shape index (κ2) is 10.8. The average Bonchev–Trinajstić information content (AvgIpc) is 1.89. The Labute approximate surface area is 135 Å². The molecule has 0 N–H and O–H groups in total. The first-order chi connectivity index (χ1) is 4.34. The third kappa shape index (κ3) is 6.26. The summed E-state index contributed by atoms with van der Waals surface area (Å²) in [5, 5.41) is 0. The summed E-state index contributed by atoms with van der Waals surface area (Å²) in [7, 11) is 0. The predicted molar refractivity (Wildman–Crippen MR) is 48.7 cm³/mol. The molecule has 0 aromatic heterocycles. The summed E-state index contributed by atoms with van der Waals surface area (Å²) in [4.78, 5) is 0. The summed E-state index contributed by atoms with van der Waals surface area (Å²) in [6.45, 7) is 5.30. The summed E-state index contributed by atoms with van der Waals surface area (Å²) in [5.74, 6) is 0. The molecular weight excluding hydrogens is 545 g/mol. The number of hydrogen-bond acceptors (Lipinski definition) is 0. The molecule has 1 aromatic carbocycles. The normalized spacial score (nSPS) is 6.75. The Morgan fingerprint density at radius 1 is 1.17 bits per heavy atom. The maximum absolute atomic E-state index is 5.30. The van der Waals surface area contributed by atoms with E-state index in [9.17, 15) is 0 Å². The van der Waals surface area contributed by atoms with Crippen molar-refractivity contribution in [2.75, 3.05) is 0 Å². The van der Waals surface area contributed by atoms with Gasteiger partial charge in [0.2, 0.25) is 0 Å². The van der Waals surface area contributed by atoms with Crippen molar-refractivity contribution in [1.82, 2.24) is 0 Å². The monoisotopic (exact) mass is 550 g/mol. The van der Waals surface area contributed by atoms with E-state index in [0.29, 0.717) is 0 Å². The summed E-state index contributed by atoms with van der Waals surface area (Å²) < 4.78 is 1.03. The molecule has 1 rings (SSSR count). The van der Waals surface area contributed by atoms with Gasteiger partial charge >= 0.3 is 0 Å². The van der Waals surface area contributed by atoms with Crippen molar-refractivity contribution in [1.29, 1.82) is 0 Å². The van der Waals surface area contributed by atoms with E-state index < -0.39 is 0 Å². The molecule has 1 aromatic rings. The molecule has 4 radical (unpaired) electrons. The van der Waals surface area contributed by atoms with Crippen molar-refractivity contribution < 1.29 is 48.0 Å². The molecule has 0 fully saturated rings. The van der Waals surface area contributed by atoms with E-state index in [2.05, 4.69) is 15.9 Å². The molecule has 0 unspecified atom stereocenters. The van der Waals surface area contributed by atoms with Crippen LogP contribution in [0.4, 0.5) is 0 Å². The zero-order valence-electron chi connectivity index (χ0n) is 6.18. The van der Waals surface area contributed by atoms with Crippen LogP contribution in [-0.2, 0) is 0 Å². The van der Waals surface area contributed by atoms with E-state index in [-0.39, 0.29) is 73.8 Å². The van der Waals surface area contributed by atoms with Crippen LogP contribution in [0.2, 0.25) is 0 Å². The Hall–Kier alpha value is 1.77. The Morgan fingerprint density at radius 3 is 2.00 bits per heavy atom. The zero-order chi connectivity index (χ0) is 6.69. The SMILES string of the molecule is [CH]=Cc1ccccc1Br.[I-].[I-].[In]. The Bertz CT molecular complexity index is 228. The molecule has 0 saturated carbocycles. The van der Waals surface area contributed by atoms with Gasteiger partial charge in [0.25, 0.3) is 0 Å². The minimum atomic E-state index is 0. The molecule has 12 heavy (non-hydrogen) atoms.